The maximum atomic E-state index is 11.7. The second kappa shape index (κ2) is 5.16. The lowest BCUT2D eigenvalue weighted by Gasteiger charge is -2.50. The van der Waals surface area contributed by atoms with Crippen molar-refractivity contribution < 1.29 is 5.11 Å². The van der Waals surface area contributed by atoms with Gasteiger partial charge in [-0.15, -0.1) is 0 Å². The van der Waals surface area contributed by atoms with Crippen LogP contribution < -0.4 is 5.73 Å². The van der Waals surface area contributed by atoms with Crippen molar-refractivity contribution in [1.29, 1.82) is 0 Å². The third-order valence-electron chi connectivity index (χ3n) is 6.03. The van der Waals surface area contributed by atoms with Crippen molar-refractivity contribution in [1.82, 2.24) is 0 Å². The first-order chi connectivity index (χ1) is 9.66. The smallest absolute Gasteiger partial charge is 0.0967 e. The van der Waals surface area contributed by atoms with E-state index in [0.29, 0.717) is 12.5 Å². The standard InChI is InChI=1S/C18H27NO/c1-2-10-18(20,15-6-4-3-5-7-15)17(13-19)12-14-8-9-16(17)11-14/h3-7,14,16,20H,2,8-13,19H2,1H3. The van der Waals surface area contributed by atoms with Crippen molar-refractivity contribution in [2.45, 2.75) is 51.0 Å². The molecule has 2 saturated carbocycles. The third-order valence-corrected chi connectivity index (χ3v) is 6.03. The van der Waals surface area contributed by atoms with E-state index >= 15 is 0 Å². The van der Waals surface area contributed by atoms with Crippen molar-refractivity contribution >= 4 is 0 Å². The molecule has 0 amide bonds. The van der Waals surface area contributed by atoms with Crippen molar-refractivity contribution in [3.8, 4) is 0 Å². The molecule has 2 heteroatoms. The highest BCUT2D eigenvalue weighted by Gasteiger charge is 2.60. The monoisotopic (exact) mass is 273 g/mol. The highest BCUT2D eigenvalue weighted by Crippen LogP contribution is 2.63. The summed E-state index contributed by atoms with van der Waals surface area (Å²) < 4.78 is 0. The Labute approximate surface area is 122 Å². The summed E-state index contributed by atoms with van der Waals surface area (Å²) in [6.07, 6.45) is 6.78. The normalized spacial score (nSPS) is 35.1. The van der Waals surface area contributed by atoms with E-state index in [1.807, 2.05) is 18.2 Å². The van der Waals surface area contributed by atoms with Crippen molar-refractivity contribution in [3.63, 3.8) is 0 Å². The molecular formula is C18H27NO. The number of aliphatic hydroxyl groups is 1. The Morgan fingerprint density at radius 1 is 1.30 bits per heavy atom. The molecule has 0 aromatic heterocycles. The average Bonchev–Trinajstić information content (AvgIpc) is 3.09. The predicted molar refractivity (Wildman–Crippen MR) is 82.2 cm³/mol. The molecule has 2 aliphatic carbocycles. The van der Waals surface area contributed by atoms with Gasteiger partial charge in [0.15, 0.2) is 0 Å². The minimum Gasteiger partial charge on any atom is -0.385 e. The van der Waals surface area contributed by atoms with Gasteiger partial charge >= 0.3 is 0 Å². The average molecular weight is 273 g/mol. The maximum absolute atomic E-state index is 11.7. The van der Waals surface area contributed by atoms with Crippen molar-refractivity contribution in [2.24, 2.45) is 23.0 Å². The molecule has 1 aromatic rings. The molecule has 3 N–H and O–H groups in total. The molecule has 0 heterocycles. The van der Waals surface area contributed by atoms with Crippen LogP contribution in [0, 0.1) is 17.3 Å². The zero-order valence-electron chi connectivity index (χ0n) is 12.5. The SMILES string of the molecule is CCCC(O)(c1ccccc1)C1(CN)CC2CCC1C2. The number of nitrogens with two attached hydrogens (primary N) is 1. The molecular weight excluding hydrogens is 246 g/mol. The Kier molecular flexibility index (Phi) is 3.64. The molecule has 2 bridgehead atoms. The summed E-state index contributed by atoms with van der Waals surface area (Å²) in [6, 6.07) is 10.3. The molecule has 2 aliphatic rings. The van der Waals surface area contributed by atoms with E-state index in [2.05, 4.69) is 19.1 Å². The maximum Gasteiger partial charge on any atom is 0.0967 e. The van der Waals surface area contributed by atoms with E-state index in [0.717, 1.165) is 30.7 Å². The molecule has 4 unspecified atom stereocenters. The lowest BCUT2D eigenvalue weighted by molar-refractivity contribution is -0.123. The Morgan fingerprint density at radius 2 is 2.05 bits per heavy atom. The van der Waals surface area contributed by atoms with Gasteiger partial charge in [-0.1, -0.05) is 50.1 Å². The lowest BCUT2D eigenvalue weighted by Crippen LogP contribution is -2.53. The molecule has 3 rings (SSSR count). The van der Waals surface area contributed by atoms with E-state index in [1.54, 1.807) is 0 Å². The van der Waals surface area contributed by atoms with Crippen LogP contribution in [0.25, 0.3) is 0 Å². The molecule has 20 heavy (non-hydrogen) atoms. The fraction of sp³-hybridized carbons (Fsp3) is 0.667. The van der Waals surface area contributed by atoms with Crippen LogP contribution in [-0.4, -0.2) is 11.7 Å². The van der Waals surface area contributed by atoms with E-state index in [9.17, 15) is 5.11 Å². The number of benzene rings is 1. The Bertz CT molecular complexity index is 460. The summed E-state index contributed by atoms with van der Waals surface area (Å²) in [7, 11) is 0. The van der Waals surface area contributed by atoms with Gasteiger partial charge in [-0.05, 0) is 43.1 Å². The molecule has 2 nitrogen and oxygen atoms in total. The zero-order valence-corrected chi connectivity index (χ0v) is 12.5. The number of rotatable bonds is 5. The second-order valence-electron chi connectivity index (χ2n) is 6.92. The molecule has 2 fully saturated rings. The molecule has 1 aromatic carbocycles. The predicted octanol–water partition coefficient (Wildman–Crippen LogP) is 3.44. The molecule has 0 aliphatic heterocycles. The van der Waals surface area contributed by atoms with Crippen LogP contribution in [0.3, 0.4) is 0 Å². The largest absolute Gasteiger partial charge is 0.385 e. The quantitative estimate of drug-likeness (QED) is 0.863. The Morgan fingerprint density at radius 3 is 2.55 bits per heavy atom. The van der Waals surface area contributed by atoms with Gasteiger partial charge in [-0.3, -0.25) is 0 Å². The molecule has 4 atom stereocenters. The fourth-order valence-corrected chi connectivity index (χ4v) is 5.13. The van der Waals surface area contributed by atoms with Crippen LogP contribution in [-0.2, 0) is 5.60 Å². The zero-order chi connectivity index (χ0) is 14.2. The van der Waals surface area contributed by atoms with E-state index in [1.165, 1.54) is 19.3 Å². The van der Waals surface area contributed by atoms with Gasteiger partial charge in [0.05, 0.1) is 5.60 Å². The van der Waals surface area contributed by atoms with Crippen LogP contribution >= 0.6 is 0 Å². The van der Waals surface area contributed by atoms with Crippen LogP contribution in [0.1, 0.15) is 51.0 Å². The first kappa shape index (κ1) is 14.1. The van der Waals surface area contributed by atoms with Gasteiger partial charge in [0, 0.05) is 12.0 Å². The summed E-state index contributed by atoms with van der Waals surface area (Å²) in [6.45, 7) is 2.77. The minimum absolute atomic E-state index is 0.104. The van der Waals surface area contributed by atoms with Crippen molar-refractivity contribution in [2.75, 3.05) is 6.54 Å². The summed E-state index contributed by atoms with van der Waals surface area (Å²) in [5.41, 5.74) is 6.46. The van der Waals surface area contributed by atoms with Gasteiger partial charge in [-0.2, -0.15) is 0 Å². The van der Waals surface area contributed by atoms with Gasteiger partial charge in [-0.25, -0.2) is 0 Å². The van der Waals surface area contributed by atoms with Gasteiger partial charge in [0.25, 0.3) is 0 Å². The van der Waals surface area contributed by atoms with Gasteiger partial charge in [0.2, 0.25) is 0 Å². The van der Waals surface area contributed by atoms with Crippen LogP contribution in [0.2, 0.25) is 0 Å². The van der Waals surface area contributed by atoms with Crippen molar-refractivity contribution in [3.05, 3.63) is 35.9 Å². The fourth-order valence-electron chi connectivity index (χ4n) is 5.13. The summed E-state index contributed by atoms with van der Waals surface area (Å²) >= 11 is 0. The molecule has 110 valence electrons. The second-order valence-corrected chi connectivity index (χ2v) is 6.92. The topological polar surface area (TPSA) is 46.2 Å². The van der Waals surface area contributed by atoms with E-state index < -0.39 is 5.60 Å². The summed E-state index contributed by atoms with van der Waals surface area (Å²) in [4.78, 5) is 0. The minimum atomic E-state index is -0.752. The van der Waals surface area contributed by atoms with Crippen LogP contribution in [0.4, 0.5) is 0 Å². The molecule has 0 spiro atoms. The summed E-state index contributed by atoms with van der Waals surface area (Å²) in [5, 5.41) is 11.7. The Balaban J connectivity index is 2.05. The first-order valence-electron chi connectivity index (χ1n) is 8.14. The lowest BCUT2D eigenvalue weighted by atomic mass is 9.58. The molecule has 0 radical (unpaired) electrons. The van der Waals surface area contributed by atoms with Crippen LogP contribution in [0.15, 0.2) is 30.3 Å². The Hall–Kier alpha value is -0.860. The highest BCUT2D eigenvalue weighted by molar-refractivity contribution is 5.28. The van der Waals surface area contributed by atoms with E-state index in [-0.39, 0.29) is 5.41 Å². The first-order valence-corrected chi connectivity index (χ1v) is 8.14. The van der Waals surface area contributed by atoms with Gasteiger partial charge in [0.1, 0.15) is 0 Å². The van der Waals surface area contributed by atoms with Crippen LogP contribution in [0.5, 0.6) is 0 Å². The molecule has 0 saturated heterocycles. The number of fused-ring (bicyclic) bond motifs is 2. The number of hydrogen-bond acceptors (Lipinski definition) is 2. The van der Waals surface area contributed by atoms with E-state index in [4.69, 9.17) is 5.73 Å². The van der Waals surface area contributed by atoms with Gasteiger partial charge < -0.3 is 10.8 Å². The summed E-state index contributed by atoms with van der Waals surface area (Å²) in [5.74, 6) is 1.39. The third kappa shape index (κ3) is 1.85. The number of hydrogen-bond donors (Lipinski definition) is 2. The highest BCUT2D eigenvalue weighted by atomic mass is 16.3.